The van der Waals surface area contributed by atoms with Crippen LogP contribution in [-0.2, 0) is 4.79 Å². The maximum absolute atomic E-state index is 12.7. The average molecular weight is 488 g/mol. The van der Waals surface area contributed by atoms with Crippen LogP contribution >= 0.6 is 23.2 Å². The monoisotopic (exact) mass is 487 g/mol. The Balaban J connectivity index is 1.40. The van der Waals surface area contributed by atoms with E-state index < -0.39 is 0 Å². The molecule has 2 fully saturated rings. The third-order valence-electron chi connectivity index (χ3n) is 6.85. The highest BCUT2D eigenvalue weighted by Crippen LogP contribution is 2.32. The molecule has 3 atom stereocenters. The minimum absolute atomic E-state index is 0.0235. The summed E-state index contributed by atoms with van der Waals surface area (Å²) in [6, 6.07) is 11.4. The van der Waals surface area contributed by atoms with Gasteiger partial charge in [-0.3, -0.25) is 4.79 Å². The lowest BCUT2D eigenvalue weighted by atomic mass is 10.0. The molecule has 3 heterocycles. The second-order valence-corrected chi connectivity index (χ2v) is 9.62. The molecule has 0 spiro atoms. The van der Waals surface area contributed by atoms with Crippen molar-refractivity contribution in [1.29, 1.82) is 0 Å². The maximum Gasteiger partial charge on any atom is 0.240 e. The molecule has 0 saturated carbocycles. The lowest BCUT2D eigenvalue weighted by Gasteiger charge is -2.44. The number of amides is 1. The fourth-order valence-electron chi connectivity index (χ4n) is 4.75. The van der Waals surface area contributed by atoms with Gasteiger partial charge in [0.2, 0.25) is 5.91 Å². The molecule has 0 bridgehead atoms. The number of piperazine rings is 1. The number of nitrogens with zero attached hydrogens (tertiary/aromatic N) is 4. The van der Waals surface area contributed by atoms with E-state index in [1.165, 1.54) is 0 Å². The van der Waals surface area contributed by atoms with E-state index in [2.05, 4.69) is 38.8 Å². The Hall–Kier alpha value is -2.32. The minimum atomic E-state index is -0.221. The highest BCUT2D eigenvalue weighted by atomic mass is 35.5. The second-order valence-electron chi connectivity index (χ2n) is 8.78. The van der Waals surface area contributed by atoms with Crippen LogP contribution in [0.4, 0.5) is 5.69 Å². The summed E-state index contributed by atoms with van der Waals surface area (Å²) in [5, 5.41) is 14.4. The predicted octanol–water partition coefficient (Wildman–Crippen LogP) is 3.32. The van der Waals surface area contributed by atoms with E-state index in [-0.39, 0.29) is 30.6 Å². The van der Waals surface area contributed by atoms with Crippen LogP contribution in [0.5, 0.6) is 0 Å². The zero-order valence-electron chi connectivity index (χ0n) is 18.4. The highest BCUT2D eigenvalue weighted by Gasteiger charge is 2.36. The van der Waals surface area contributed by atoms with E-state index in [0.717, 1.165) is 35.2 Å². The summed E-state index contributed by atoms with van der Waals surface area (Å²) in [6.45, 7) is 4.81. The molecule has 33 heavy (non-hydrogen) atoms. The number of imidazole rings is 1. The lowest BCUT2D eigenvalue weighted by Crippen LogP contribution is -2.63. The van der Waals surface area contributed by atoms with Gasteiger partial charge in [0.15, 0.2) is 0 Å². The van der Waals surface area contributed by atoms with Crippen molar-refractivity contribution in [3.63, 3.8) is 0 Å². The van der Waals surface area contributed by atoms with Crippen molar-refractivity contribution in [2.75, 3.05) is 37.7 Å². The smallest absolute Gasteiger partial charge is 0.240 e. The molecule has 9 heteroatoms. The van der Waals surface area contributed by atoms with Crippen LogP contribution in [0.1, 0.15) is 24.9 Å². The number of benzene rings is 2. The molecule has 2 aromatic carbocycles. The number of hydrogen-bond acceptors (Lipinski definition) is 5. The van der Waals surface area contributed by atoms with Gasteiger partial charge in [0.05, 0.1) is 42.1 Å². The molecule has 2 N–H and O–H groups in total. The lowest BCUT2D eigenvalue weighted by molar-refractivity contribution is -0.139. The average Bonchev–Trinajstić information content (AvgIpc) is 3.20. The number of carbonyl (C=O) groups excluding carboxylic acids is 1. The Morgan fingerprint density at radius 1 is 1.24 bits per heavy atom. The van der Waals surface area contributed by atoms with Gasteiger partial charge in [-0.05, 0) is 55.8 Å². The molecule has 7 nitrogen and oxygen atoms in total. The second kappa shape index (κ2) is 9.14. The first-order valence-electron chi connectivity index (χ1n) is 11.3. The minimum Gasteiger partial charge on any atom is -0.394 e. The van der Waals surface area contributed by atoms with Crippen molar-refractivity contribution in [1.82, 2.24) is 19.8 Å². The molecule has 5 rings (SSSR count). The maximum atomic E-state index is 12.7. The van der Waals surface area contributed by atoms with Crippen LogP contribution in [0.2, 0.25) is 10.0 Å². The number of fused-ring (bicyclic) bond motifs is 1. The van der Waals surface area contributed by atoms with Gasteiger partial charge in [-0.15, -0.1) is 0 Å². The number of carbonyl (C=O) groups is 1. The summed E-state index contributed by atoms with van der Waals surface area (Å²) in [5.41, 5.74) is 3.93. The molecule has 174 valence electrons. The summed E-state index contributed by atoms with van der Waals surface area (Å²) in [5.74, 6) is 0.0992. The van der Waals surface area contributed by atoms with Crippen LogP contribution in [0.15, 0.2) is 42.7 Å². The van der Waals surface area contributed by atoms with Crippen LogP contribution in [0.25, 0.3) is 11.0 Å². The molecule has 2 aliphatic rings. The van der Waals surface area contributed by atoms with Crippen molar-refractivity contribution in [3.05, 3.63) is 58.3 Å². The van der Waals surface area contributed by atoms with E-state index in [9.17, 15) is 9.90 Å². The standard InChI is InChI=1S/C24H27Cl2N5O2/c1-15(19-4-2-16(25)10-20(19)26)31-14-28-21-5-3-17(11-23(21)31)29-8-9-30(18(12-29)13-32)24(33)22-6-7-27-22/h2-5,10-11,14-15,18,22,27,32H,6-9,12-13H2,1H3/t15?,18-,22?/m0/s1. The normalized spacial score (nSPS) is 21.8. The van der Waals surface area contributed by atoms with Crippen molar-refractivity contribution in [3.8, 4) is 0 Å². The highest BCUT2D eigenvalue weighted by molar-refractivity contribution is 6.35. The first-order valence-corrected chi connectivity index (χ1v) is 12.0. The van der Waals surface area contributed by atoms with Gasteiger partial charge < -0.3 is 24.8 Å². The number of nitrogens with one attached hydrogen (secondary N) is 1. The summed E-state index contributed by atoms with van der Waals surface area (Å²) in [6.07, 6.45) is 2.70. The molecule has 1 aromatic heterocycles. The van der Waals surface area contributed by atoms with Gasteiger partial charge in [-0.25, -0.2) is 4.98 Å². The molecule has 3 aromatic rings. The molecule has 0 aliphatic carbocycles. The fraction of sp³-hybridized carbons (Fsp3) is 0.417. The van der Waals surface area contributed by atoms with E-state index in [1.807, 2.05) is 29.4 Å². The zero-order chi connectivity index (χ0) is 23.1. The molecule has 2 aliphatic heterocycles. The Morgan fingerprint density at radius 2 is 2.06 bits per heavy atom. The summed E-state index contributed by atoms with van der Waals surface area (Å²) < 4.78 is 2.11. The van der Waals surface area contributed by atoms with Gasteiger partial charge in [-0.1, -0.05) is 29.3 Å². The van der Waals surface area contributed by atoms with Gasteiger partial charge >= 0.3 is 0 Å². The number of aliphatic hydroxyl groups excluding tert-OH is 1. The Kier molecular flexibility index (Phi) is 6.22. The van der Waals surface area contributed by atoms with Gasteiger partial charge in [-0.2, -0.15) is 0 Å². The summed E-state index contributed by atoms with van der Waals surface area (Å²) >= 11 is 12.5. The van der Waals surface area contributed by atoms with Crippen molar-refractivity contribution >= 4 is 45.8 Å². The predicted molar refractivity (Wildman–Crippen MR) is 131 cm³/mol. The molecule has 2 unspecified atom stereocenters. The molecule has 0 radical (unpaired) electrons. The number of hydrogen-bond donors (Lipinski definition) is 2. The SMILES string of the molecule is CC(c1ccc(Cl)cc1Cl)n1cnc2ccc(N3CCN(C(=O)C4CCN4)[C@H](CO)C3)cc21. The quantitative estimate of drug-likeness (QED) is 0.577. The Morgan fingerprint density at radius 3 is 2.76 bits per heavy atom. The van der Waals surface area contributed by atoms with Gasteiger partial charge in [0, 0.05) is 35.4 Å². The molecule has 2 saturated heterocycles. The molecule has 1 amide bonds. The largest absolute Gasteiger partial charge is 0.394 e. The van der Waals surface area contributed by atoms with E-state index in [0.29, 0.717) is 29.7 Å². The molecular formula is C24H27Cl2N5O2. The van der Waals surface area contributed by atoms with Crippen molar-refractivity contribution in [2.24, 2.45) is 0 Å². The summed E-state index contributed by atoms with van der Waals surface area (Å²) in [4.78, 5) is 21.4. The van der Waals surface area contributed by atoms with Gasteiger partial charge in [0.1, 0.15) is 0 Å². The number of anilines is 1. The first kappa shape index (κ1) is 22.5. The number of aliphatic hydroxyl groups is 1. The van der Waals surface area contributed by atoms with E-state index in [1.54, 1.807) is 6.07 Å². The van der Waals surface area contributed by atoms with Crippen molar-refractivity contribution in [2.45, 2.75) is 31.5 Å². The Labute approximate surface area is 202 Å². The summed E-state index contributed by atoms with van der Waals surface area (Å²) in [7, 11) is 0. The van der Waals surface area contributed by atoms with Crippen LogP contribution in [0, 0.1) is 0 Å². The fourth-order valence-corrected chi connectivity index (χ4v) is 5.31. The third kappa shape index (κ3) is 4.19. The molecular weight excluding hydrogens is 461 g/mol. The van der Waals surface area contributed by atoms with Crippen LogP contribution in [0.3, 0.4) is 0 Å². The van der Waals surface area contributed by atoms with Crippen LogP contribution in [-0.4, -0.2) is 70.3 Å². The van der Waals surface area contributed by atoms with Crippen LogP contribution < -0.4 is 10.2 Å². The van der Waals surface area contributed by atoms with Gasteiger partial charge in [0.25, 0.3) is 0 Å². The number of aromatic nitrogens is 2. The first-order chi connectivity index (χ1) is 16.0. The number of rotatable bonds is 5. The topological polar surface area (TPSA) is 73.6 Å². The number of halogens is 2. The third-order valence-corrected chi connectivity index (χ3v) is 7.41. The van der Waals surface area contributed by atoms with Crippen molar-refractivity contribution < 1.29 is 9.90 Å². The van der Waals surface area contributed by atoms with E-state index >= 15 is 0 Å². The zero-order valence-corrected chi connectivity index (χ0v) is 19.9. The Bertz CT molecular complexity index is 1180. The van der Waals surface area contributed by atoms with E-state index in [4.69, 9.17) is 23.2 Å².